The SMILES string of the molecule is CCCCCCCCCC(=O)OC[C@H](COP(=O)(O)OC[C@H](O)COP(=O)(O)OC[C@@H](COC(=O)CCCCCCCCC(C)CC)OC(=O)CCCCCCCCCCCCCCCCCCCCC(C)C)OC(=O)CCCCCCCCC. The molecule has 85 heavy (non-hydrogen) atoms. The standard InChI is InChI=1S/C66H128O17P2/c1-7-10-12-14-28-36-42-48-63(68)76-54-61(82-65(70)50-44-38-29-15-13-11-8-2)56-80-84(72,73)78-52-60(67)53-79-85(74,75)81-57-62(55-77-64(69)49-43-37-33-32-35-41-47-59(6)9-3)83-66(71)51-45-39-31-27-25-23-21-19-17-16-18-20-22-24-26-30-34-40-46-58(4)5/h58-62,67H,7-57H2,1-6H3,(H,72,73)(H,74,75)/t59?,60-,61+,62+/m0/s1. The Kier molecular flexibility index (Phi) is 57.1. The van der Waals surface area contributed by atoms with Crippen molar-refractivity contribution in [1.29, 1.82) is 0 Å². The normalized spacial score (nSPS) is 14.6. The van der Waals surface area contributed by atoms with Crippen LogP contribution in [0.2, 0.25) is 0 Å². The van der Waals surface area contributed by atoms with Crippen LogP contribution < -0.4 is 0 Å². The quantitative estimate of drug-likeness (QED) is 0.0222. The number of aliphatic hydroxyl groups excluding tert-OH is 1. The first-order valence-corrected chi connectivity index (χ1v) is 37.5. The number of rotatable bonds is 65. The Labute approximate surface area is 517 Å². The van der Waals surface area contributed by atoms with E-state index in [4.69, 9.17) is 37.0 Å². The zero-order valence-electron chi connectivity index (χ0n) is 54.9. The summed E-state index contributed by atoms with van der Waals surface area (Å²) in [7, 11) is -9.88. The lowest BCUT2D eigenvalue weighted by Gasteiger charge is -2.21. The van der Waals surface area contributed by atoms with Crippen molar-refractivity contribution in [2.45, 2.75) is 349 Å². The van der Waals surface area contributed by atoms with E-state index in [0.29, 0.717) is 25.7 Å². The maximum Gasteiger partial charge on any atom is 0.472 e. The molecule has 0 rings (SSSR count). The predicted molar refractivity (Wildman–Crippen MR) is 340 cm³/mol. The van der Waals surface area contributed by atoms with Crippen LogP contribution in [-0.4, -0.2) is 96.7 Å². The number of esters is 4. The highest BCUT2D eigenvalue weighted by molar-refractivity contribution is 7.47. The lowest BCUT2D eigenvalue weighted by molar-refractivity contribution is -0.161. The molecule has 0 aromatic carbocycles. The van der Waals surface area contributed by atoms with Crippen LogP contribution in [0.25, 0.3) is 0 Å². The van der Waals surface area contributed by atoms with E-state index in [1.165, 1.54) is 116 Å². The summed E-state index contributed by atoms with van der Waals surface area (Å²) < 4.78 is 67.8. The molecule has 0 radical (unpaired) electrons. The van der Waals surface area contributed by atoms with Crippen LogP contribution in [0.4, 0.5) is 0 Å². The summed E-state index contributed by atoms with van der Waals surface area (Å²) in [6, 6.07) is 0. The van der Waals surface area contributed by atoms with Crippen LogP contribution in [0.1, 0.15) is 330 Å². The van der Waals surface area contributed by atoms with Gasteiger partial charge in [0.1, 0.15) is 19.3 Å². The van der Waals surface area contributed by atoms with Gasteiger partial charge in [0.05, 0.1) is 26.4 Å². The van der Waals surface area contributed by atoms with E-state index < -0.39 is 97.5 Å². The molecule has 0 saturated heterocycles. The fraction of sp³-hybridized carbons (Fsp3) is 0.939. The lowest BCUT2D eigenvalue weighted by Crippen LogP contribution is -2.30. The van der Waals surface area contributed by atoms with E-state index in [1.54, 1.807) is 0 Å². The van der Waals surface area contributed by atoms with Crippen LogP contribution in [0, 0.1) is 11.8 Å². The summed E-state index contributed by atoms with van der Waals surface area (Å²) >= 11 is 0. The first-order valence-electron chi connectivity index (χ1n) is 34.5. The molecular formula is C66H128O17P2. The molecule has 0 saturated carbocycles. The molecule has 0 spiro atoms. The molecule has 6 atom stereocenters. The molecule has 0 aliphatic heterocycles. The first kappa shape index (κ1) is 83.1. The minimum atomic E-state index is -4.94. The maximum absolute atomic E-state index is 13.0. The Bertz CT molecular complexity index is 1670. The molecule has 0 bridgehead atoms. The number of phosphoric ester groups is 2. The molecular weight excluding hydrogens is 1130 g/mol. The summed E-state index contributed by atoms with van der Waals surface area (Å²) in [6.45, 7) is 9.42. The highest BCUT2D eigenvalue weighted by atomic mass is 31.2. The number of carbonyl (C=O) groups is 4. The van der Waals surface area contributed by atoms with Crippen molar-refractivity contribution in [2.75, 3.05) is 39.6 Å². The summed E-state index contributed by atoms with van der Waals surface area (Å²) in [6.07, 6.45) is 42.2. The molecule has 0 aromatic heterocycles. The van der Waals surface area contributed by atoms with Crippen molar-refractivity contribution >= 4 is 39.5 Å². The third-order valence-corrected chi connectivity index (χ3v) is 17.5. The van der Waals surface area contributed by atoms with Gasteiger partial charge in [-0.15, -0.1) is 0 Å². The van der Waals surface area contributed by atoms with E-state index in [-0.39, 0.29) is 25.7 Å². The highest BCUT2D eigenvalue weighted by Gasteiger charge is 2.30. The molecule has 3 unspecified atom stereocenters. The van der Waals surface area contributed by atoms with Crippen LogP contribution in [0.15, 0.2) is 0 Å². The summed E-state index contributed by atoms with van der Waals surface area (Å²) in [4.78, 5) is 72.0. The smallest absolute Gasteiger partial charge is 0.462 e. The summed E-state index contributed by atoms with van der Waals surface area (Å²) in [5, 5.41) is 10.5. The van der Waals surface area contributed by atoms with E-state index in [2.05, 4.69) is 41.5 Å². The topological polar surface area (TPSA) is 237 Å². The highest BCUT2D eigenvalue weighted by Crippen LogP contribution is 2.45. The average molecular weight is 1260 g/mol. The van der Waals surface area contributed by atoms with Gasteiger partial charge in [0, 0.05) is 25.7 Å². The molecule has 3 N–H and O–H groups in total. The second-order valence-electron chi connectivity index (χ2n) is 24.6. The molecule has 0 aliphatic rings. The van der Waals surface area contributed by atoms with Crippen LogP contribution in [0.5, 0.6) is 0 Å². The van der Waals surface area contributed by atoms with Gasteiger partial charge in [-0.2, -0.15) is 0 Å². The predicted octanol–water partition coefficient (Wildman–Crippen LogP) is 18.4. The molecule has 0 aromatic rings. The second kappa shape index (κ2) is 58.4. The van der Waals surface area contributed by atoms with Gasteiger partial charge in [0.25, 0.3) is 0 Å². The molecule has 19 heteroatoms. The molecule has 17 nitrogen and oxygen atoms in total. The van der Waals surface area contributed by atoms with Crippen molar-refractivity contribution in [3.63, 3.8) is 0 Å². The Hall–Kier alpha value is -1.94. The van der Waals surface area contributed by atoms with Crippen LogP contribution in [0.3, 0.4) is 0 Å². The van der Waals surface area contributed by atoms with E-state index >= 15 is 0 Å². The maximum atomic E-state index is 13.0. The van der Waals surface area contributed by atoms with E-state index in [9.17, 15) is 43.2 Å². The van der Waals surface area contributed by atoms with Crippen molar-refractivity contribution in [3.05, 3.63) is 0 Å². The zero-order chi connectivity index (χ0) is 62.9. The Morgan fingerprint density at radius 1 is 0.341 bits per heavy atom. The number of hydrogen-bond acceptors (Lipinski definition) is 15. The number of unbranched alkanes of at least 4 members (excludes halogenated alkanes) is 34. The van der Waals surface area contributed by atoms with Crippen LogP contribution >= 0.6 is 15.6 Å². The third kappa shape index (κ3) is 59.5. The van der Waals surface area contributed by atoms with Gasteiger partial charge in [-0.25, -0.2) is 9.13 Å². The fourth-order valence-electron chi connectivity index (χ4n) is 9.85. The van der Waals surface area contributed by atoms with E-state index in [0.717, 1.165) is 134 Å². The minimum Gasteiger partial charge on any atom is -0.462 e. The third-order valence-electron chi connectivity index (χ3n) is 15.6. The fourth-order valence-corrected chi connectivity index (χ4v) is 11.4. The molecule has 0 amide bonds. The number of carbonyl (C=O) groups excluding carboxylic acids is 4. The number of aliphatic hydroxyl groups is 1. The Morgan fingerprint density at radius 2 is 0.600 bits per heavy atom. The van der Waals surface area contributed by atoms with Gasteiger partial charge in [0.2, 0.25) is 0 Å². The second-order valence-corrected chi connectivity index (χ2v) is 27.5. The van der Waals surface area contributed by atoms with Crippen molar-refractivity contribution in [3.8, 4) is 0 Å². The Morgan fingerprint density at radius 3 is 0.894 bits per heavy atom. The molecule has 0 aliphatic carbocycles. The zero-order valence-corrected chi connectivity index (χ0v) is 56.7. The number of ether oxygens (including phenoxy) is 4. The van der Waals surface area contributed by atoms with Gasteiger partial charge in [-0.05, 0) is 37.5 Å². The van der Waals surface area contributed by atoms with Crippen molar-refractivity contribution < 1.29 is 80.2 Å². The lowest BCUT2D eigenvalue weighted by atomic mass is 10.00. The largest absolute Gasteiger partial charge is 0.472 e. The van der Waals surface area contributed by atoms with E-state index in [1.807, 2.05) is 0 Å². The molecule has 0 fully saturated rings. The monoisotopic (exact) mass is 1250 g/mol. The van der Waals surface area contributed by atoms with Gasteiger partial charge in [0.15, 0.2) is 12.2 Å². The number of hydrogen-bond donors (Lipinski definition) is 3. The van der Waals surface area contributed by atoms with Crippen LogP contribution in [-0.2, 0) is 65.4 Å². The van der Waals surface area contributed by atoms with Gasteiger partial charge in [-0.3, -0.25) is 37.3 Å². The molecule has 504 valence electrons. The average Bonchev–Trinajstić information content (AvgIpc) is 3.61. The summed E-state index contributed by atoms with van der Waals surface area (Å²) in [5.41, 5.74) is 0. The van der Waals surface area contributed by atoms with Crippen molar-refractivity contribution in [2.24, 2.45) is 11.8 Å². The first-order chi connectivity index (χ1) is 40.9. The van der Waals surface area contributed by atoms with Gasteiger partial charge in [-0.1, -0.05) is 279 Å². The molecule has 0 heterocycles. The van der Waals surface area contributed by atoms with Gasteiger partial charge < -0.3 is 33.8 Å². The minimum absolute atomic E-state index is 0.103. The number of phosphoric acid groups is 2. The van der Waals surface area contributed by atoms with Crippen molar-refractivity contribution in [1.82, 2.24) is 0 Å². The summed E-state index contributed by atoms with van der Waals surface area (Å²) in [5.74, 6) is -0.591. The van der Waals surface area contributed by atoms with Gasteiger partial charge >= 0.3 is 39.5 Å². The Balaban J connectivity index is 5.08.